The smallest absolute Gasteiger partial charge is 0.141 e. The van der Waals surface area contributed by atoms with Gasteiger partial charge in [-0.05, 0) is 42.2 Å². The van der Waals surface area contributed by atoms with Gasteiger partial charge >= 0.3 is 0 Å². The number of rotatable bonds is 4. The molecule has 0 heterocycles. The maximum absolute atomic E-state index is 12.1. The molecule has 0 saturated carbocycles. The zero-order valence-electron chi connectivity index (χ0n) is 11.5. The topological polar surface area (TPSA) is 17.1 Å². The average molecular weight is 307 g/mol. The third kappa shape index (κ3) is 3.62. The highest BCUT2D eigenvalue weighted by atomic mass is 35.5. The van der Waals surface area contributed by atoms with E-state index < -0.39 is 0 Å². The number of hydrogen-bond donors (Lipinski definition) is 0. The number of benzene rings is 2. The Labute approximate surface area is 129 Å². The lowest BCUT2D eigenvalue weighted by molar-refractivity contribution is -0.117. The zero-order valence-corrected chi connectivity index (χ0v) is 13.1. The van der Waals surface area contributed by atoms with Gasteiger partial charge in [0.05, 0.1) is 10.0 Å². The van der Waals surface area contributed by atoms with Gasteiger partial charge in [-0.3, -0.25) is 4.79 Å². The SMILES string of the molecule is Cc1ccc(CC(=O)Cc2cccc(Cl)c2Cl)cc1C. The zero-order chi connectivity index (χ0) is 14.7. The first-order chi connectivity index (χ1) is 9.47. The number of Topliss-reactive ketones (excluding diaryl/α,β-unsaturated/α-hetero) is 1. The van der Waals surface area contributed by atoms with E-state index >= 15 is 0 Å². The van der Waals surface area contributed by atoms with E-state index in [-0.39, 0.29) is 5.78 Å². The van der Waals surface area contributed by atoms with Gasteiger partial charge < -0.3 is 0 Å². The molecule has 2 aromatic rings. The van der Waals surface area contributed by atoms with Gasteiger partial charge in [0, 0.05) is 12.8 Å². The Hall–Kier alpha value is -1.31. The molecule has 0 N–H and O–H groups in total. The van der Waals surface area contributed by atoms with Crippen molar-refractivity contribution < 1.29 is 4.79 Å². The minimum Gasteiger partial charge on any atom is -0.299 e. The molecule has 0 aliphatic carbocycles. The van der Waals surface area contributed by atoms with Gasteiger partial charge in [0.15, 0.2) is 0 Å². The van der Waals surface area contributed by atoms with Crippen LogP contribution in [0.3, 0.4) is 0 Å². The van der Waals surface area contributed by atoms with E-state index in [0.717, 1.165) is 11.1 Å². The van der Waals surface area contributed by atoms with Crippen molar-refractivity contribution in [1.82, 2.24) is 0 Å². The van der Waals surface area contributed by atoms with Crippen LogP contribution >= 0.6 is 23.2 Å². The lowest BCUT2D eigenvalue weighted by Crippen LogP contribution is -2.07. The fourth-order valence-electron chi connectivity index (χ4n) is 2.10. The third-order valence-corrected chi connectivity index (χ3v) is 4.25. The molecule has 0 amide bonds. The number of halogens is 2. The molecule has 0 atom stereocenters. The van der Waals surface area contributed by atoms with Gasteiger partial charge in [0.2, 0.25) is 0 Å². The van der Waals surface area contributed by atoms with Crippen molar-refractivity contribution in [2.75, 3.05) is 0 Å². The first-order valence-corrected chi connectivity index (χ1v) is 7.23. The molecule has 3 heteroatoms. The van der Waals surface area contributed by atoms with Crippen LogP contribution in [0.25, 0.3) is 0 Å². The predicted octanol–water partition coefficient (Wildman–Crippen LogP) is 4.96. The van der Waals surface area contributed by atoms with Crippen LogP contribution in [-0.2, 0) is 17.6 Å². The number of carbonyl (C=O) groups is 1. The van der Waals surface area contributed by atoms with Crippen LogP contribution in [0.15, 0.2) is 36.4 Å². The molecule has 0 aliphatic rings. The minimum atomic E-state index is 0.136. The first kappa shape index (κ1) is 15.1. The van der Waals surface area contributed by atoms with Gasteiger partial charge in [0.25, 0.3) is 0 Å². The molecule has 20 heavy (non-hydrogen) atoms. The number of aryl methyl sites for hydroxylation is 2. The molecular formula is C17H16Cl2O. The Kier molecular flexibility index (Phi) is 4.85. The summed E-state index contributed by atoms with van der Waals surface area (Å²) in [7, 11) is 0. The van der Waals surface area contributed by atoms with Crippen molar-refractivity contribution >= 4 is 29.0 Å². The maximum Gasteiger partial charge on any atom is 0.141 e. The molecule has 104 valence electrons. The minimum absolute atomic E-state index is 0.136. The van der Waals surface area contributed by atoms with Crippen LogP contribution in [0.2, 0.25) is 10.0 Å². The van der Waals surface area contributed by atoms with Crippen LogP contribution in [-0.4, -0.2) is 5.78 Å². The van der Waals surface area contributed by atoms with Gasteiger partial charge in [-0.2, -0.15) is 0 Å². The van der Waals surface area contributed by atoms with Crippen LogP contribution in [0.5, 0.6) is 0 Å². The molecular weight excluding hydrogens is 291 g/mol. The molecule has 0 bridgehead atoms. The van der Waals surface area contributed by atoms with E-state index in [9.17, 15) is 4.79 Å². The van der Waals surface area contributed by atoms with Crippen LogP contribution in [0.4, 0.5) is 0 Å². The van der Waals surface area contributed by atoms with Crippen molar-refractivity contribution in [2.24, 2.45) is 0 Å². The molecule has 0 aromatic heterocycles. The molecule has 0 radical (unpaired) electrons. The van der Waals surface area contributed by atoms with Crippen molar-refractivity contribution in [1.29, 1.82) is 0 Å². The summed E-state index contributed by atoms with van der Waals surface area (Å²) >= 11 is 12.1. The van der Waals surface area contributed by atoms with E-state index in [1.165, 1.54) is 11.1 Å². The van der Waals surface area contributed by atoms with Crippen LogP contribution in [0.1, 0.15) is 22.3 Å². The Morgan fingerprint density at radius 3 is 2.45 bits per heavy atom. The summed E-state index contributed by atoms with van der Waals surface area (Å²) in [6, 6.07) is 11.5. The molecule has 0 unspecified atom stereocenters. The highest BCUT2D eigenvalue weighted by molar-refractivity contribution is 6.42. The number of hydrogen-bond acceptors (Lipinski definition) is 1. The van der Waals surface area contributed by atoms with E-state index in [0.29, 0.717) is 22.9 Å². The molecule has 1 nitrogen and oxygen atoms in total. The monoisotopic (exact) mass is 306 g/mol. The van der Waals surface area contributed by atoms with Crippen LogP contribution in [0, 0.1) is 13.8 Å². The Bertz CT molecular complexity index is 647. The van der Waals surface area contributed by atoms with Gasteiger partial charge in [-0.25, -0.2) is 0 Å². The highest BCUT2D eigenvalue weighted by Gasteiger charge is 2.10. The van der Waals surface area contributed by atoms with Gasteiger partial charge in [-0.15, -0.1) is 0 Å². The largest absolute Gasteiger partial charge is 0.299 e. The van der Waals surface area contributed by atoms with E-state index in [4.69, 9.17) is 23.2 Å². The number of ketones is 1. The highest BCUT2D eigenvalue weighted by Crippen LogP contribution is 2.26. The van der Waals surface area contributed by atoms with Gasteiger partial charge in [0.1, 0.15) is 5.78 Å². The summed E-state index contributed by atoms with van der Waals surface area (Å²) in [5.74, 6) is 0.136. The quantitative estimate of drug-likeness (QED) is 0.780. The molecule has 0 saturated heterocycles. The fraction of sp³-hybridized carbons (Fsp3) is 0.235. The standard InChI is InChI=1S/C17H16Cl2O/c1-11-6-7-13(8-12(11)2)9-15(20)10-14-4-3-5-16(18)17(14)19/h3-8H,9-10H2,1-2H3. The van der Waals surface area contributed by atoms with E-state index in [1.54, 1.807) is 6.07 Å². The van der Waals surface area contributed by atoms with Crippen molar-refractivity contribution in [3.05, 3.63) is 68.7 Å². The lowest BCUT2D eigenvalue weighted by Gasteiger charge is -2.07. The molecule has 2 aromatic carbocycles. The first-order valence-electron chi connectivity index (χ1n) is 6.48. The van der Waals surface area contributed by atoms with Crippen molar-refractivity contribution in [3.8, 4) is 0 Å². The molecule has 0 aliphatic heterocycles. The summed E-state index contributed by atoms with van der Waals surface area (Å²) in [5.41, 5.74) is 4.26. The normalized spacial score (nSPS) is 10.6. The molecule has 2 rings (SSSR count). The second-order valence-corrected chi connectivity index (χ2v) is 5.81. The Morgan fingerprint density at radius 1 is 1.00 bits per heavy atom. The lowest BCUT2D eigenvalue weighted by atomic mass is 9.99. The number of carbonyl (C=O) groups excluding carboxylic acids is 1. The van der Waals surface area contributed by atoms with E-state index in [1.807, 2.05) is 24.3 Å². The molecule has 0 spiro atoms. The predicted molar refractivity (Wildman–Crippen MR) is 84.8 cm³/mol. The summed E-state index contributed by atoms with van der Waals surface area (Å²) < 4.78 is 0. The van der Waals surface area contributed by atoms with Crippen molar-refractivity contribution in [3.63, 3.8) is 0 Å². The average Bonchev–Trinajstić information content (AvgIpc) is 2.39. The summed E-state index contributed by atoms with van der Waals surface area (Å²) in [5, 5.41) is 0.964. The fourth-order valence-corrected chi connectivity index (χ4v) is 2.49. The summed E-state index contributed by atoms with van der Waals surface area (Å²) in [6.07, 6.45) is 0.732. The maximum atomic E-state index is 12.1. The molecule has 0 fully saturated rings. The summed E-state index contributed by atoms with van der Waals surface area (Å²) in [6.45, 7) is 4.11. The van der Waals surface area contributed by atoms with Crippen LogP contribution < -0.4 is 0 Å². The second-order valence-electron chi connectivity index (χ2n) is 5.02. The second kappa shape index (κ2) is 6.43. The summed E-state index contributed by atoms with van der Waals surface area (Å²) in [4.78, 5) is 12.1. The third-order valence-electron chi connectivity index (χ3n) is 3.39. The van der Waals surface area contributed by atoms with Crippen molar-refractivity contribution in [2.45, 2.75) is 26.7 Å². The van der Waals surface area contributed by atoms with Gasteiger partial charge in [-0.1, -0.05) is 53.5 Å². The Balaban J connectivity index is 2.09. The van der Waals surface area contributed by atoms with E-state index in [2.05, 4.69) is 19.9 Å². The Morgan fingerprint density at radius 2 is 1.75 bits per heavy atom.